The van der Waals surface area contributed by atoms with Crippen LogP contribution in [0.5, 0.6) is 0 Å². The largest absolute Gasteiger partial charge is 0.318 e. The van der Waals surface area contributed by atoms with E-state index in [2.05, 4.69) is 34.2 Å². The van der Waals surface area contributed by atoms with Gasteiger partial charge in [-0.15, -0.1) is 0 Å². The molecule has 0 spiro atoms. The lowest BCUT2D eigenvalue weighted by Crippen LogP contribution is -2.39. The number of nitrogens with zero attached hydrogens (tertiary/aromatic N) is 3. The SMILES string of the molecule is Cc1ccccc1-n1c(C)cc(/C=N\NC(=O)CN(c2ccc(Cl)cc2)S(C)(=O)=O)c1C. The zero-order chi connectivity index (χ0) is 23.5. The molecule has 1 N–H and O–H groups in total. The van der Waals surface area contributed by atoms with Crippen molar-refractivity contribution in [2.45, 2.75) is 20.8 Å². The number of sulfonamides is 1. The zero-order valence-electron chi connectivity index (χ0n) is 18.3. The Hall–Kier alpha value is -3.10. The zero-order valence-corrected chi connectivity index (χ0v) is 19.9. The van der Waals surface area contributed by atoms with Crippen molar-refractivity contribution in [3.8, 4) is 5.69 Å². The van der Waals surface area contributed by atoms with Crippen LogP contribution in [0.2, 0.25) is 5.02 Å². The van der Waals surface area contributed by atoms with Gasteiger partial charge in [-0.3, -0.25) is 9.10 Å². The number of para-hydroxylation sites is 1. The molecular weight excluding hydrogens is 448 g/mol. The maximum absolute atomic E-state index is 12.4. The number of rotatable bonds is 7. The first kappa shape index (κ1) is 23.6. The molecule has 1 heterocycles. The number of halogens is 1. The van der Waals surface area contributed by atoms with Crippen LogP contribution in [-0.4, -0.2) is 37.9 Å². The predicted molar refractivity (Wildman–Crippen MR) is 129 cm³/mol. The normalized spacial score (nSPS) is 11.7. The van der Waals surface area contributed by atoms with Gasteiger partial charge in [-0.05, 0) is 62.7 Å². The van der Waals surface area contributed by atoms with Gasteiger partial charge >= 0.3 is 0 Å². The summed E-state index contributed by atoms with van der Waals surface area (Å²) in [6.45, 7) is 5.64. The molecule has 1 amide bonds. The molecular formula is C23H25ClN4O3S. The van der Waals surface area contributed by atoms with Gasteiger partial charge in [0.15, 0.2) is 0 Å². The van der Waals surface area contributed by atoms with Gasteiger partial charge in [0, 0.05) is 27.7 Å². The minimum atomic E-state index is -3.67. The molecule has 2 aromatic carbocycles. The Labute approximate surface area is 193 Å². The molecule has 3 rings (SSSR count). The van der Waals surface area contributed by atoms with Crippen molar-refractivity contribution in [1.29, 1.82) is 0 Å². The highest BCUT2D eigenvalue weighted by Crippen LogP contribution is 2.22. The van der Waals surface area contributed by atoms with Gasteiger partial charge in [0.25, 0.3) is 5.91 Å². The van der Waals surface area contributed by atoms with E-state index in [0.29, 0.717) is 10.7 Å². The molecule has 0 unspecified atom stereocenters. The number of carbonyl (C=O) groups excluding carboxylic acids is 1. The number of carbonyl (C=O) groups is 1. The van der Waals surface area contributed by atoms with Gasteiger partial charge in [-0.2, -0.15) is 5.10 Å². The smallest absolute Gasteiger partial charge is 0.260 e. The first-order chi connectivity index (χ1) is 15.1. The lowest BCUT2D eigenvalue weighted by atomic mass is 10.2. The van der Waals surface area contributed by atoms with Gasteiger partial charge < -0.3 is 4.57 Å². The highest BCUT2D eigenvalue weighted by molar-refractivity contribution is 7.92. The Bertz CT molecular complexity index is 1260. The first-order valence-electron chi connectivity index (χ1n) is 9.88. The molecule has 9 heteroatoms. The molecule has 0 bridgehead atoms. The Balaban J connectivity index is 1.74. The number of aromatic nitrogens is 1. The third kappa shape index (κ3) is 5.38. The molecule has 0 radical (unpaired) electrons. The molecule has 168 valence electrons. The fraction of sp³-hybridized carbons (Fsp3) is 0.217. The standard InChI is InChI=1S/C23H25ClN4O3S/c1-16-7-5-6-8-22(16)28-17(2)13-19(18(28)3)14-25-26-23(29)15-27(32(4,30)31)21-11-9-20(24)10-12-21/h5-14H,15H2,1-4H3,(H,26,29)/b25-14-. The van der Waals surface area contributed by atoms with E-state index in [1.54, 1.807) is 30.5 Å². The number of benzene rings is 2. The summed E-state index contributed by atoms with van der Waals surface area (Å²) in [6.07, 6.45) is 2.60. The number of amides is 1. The summed E-state index contributed by atoms with van der Waals surface area (Å²) in [4.78, 5) is 12.4. The summed E-state index contributed by atoms with van der Waals surface area (Å²) in [5.74, 6) is -0.561. The fourth-order valence-electron chi connectivity index (χ4n) is 3.45. The molecule has 0 atom stereocenters. The number of hydrogen-bond donors (Lipinski definition) is 1. The second-order valence-electron chi connectivity index (χ2n) is 7.49. The summed E-state index contributed by atoms with van der Waals surface area (Å²) in [7, 11) is -3.67. The van der Waals surface area contributed by atoms with Crippen molar-refractivity contribution < 1.29 is 13.2 Å². The number of nitrogens with one attached hydrogen (secondary N) is 1. The average Bonchev–Trinajstić information content (AvgIpc) is 3.00. The Morgan fingerprint density at radius 1 is 1.12 bits per heavy atom. The summed E-state index contributed by atoms with van der Waals surface area (Å²) in [5, 5.41) is 4.51. The molecule has 7 nitrogen and oxygen atoms in total. The number of hydrogen-bond acceptors (Lipinski definition) is 4. The van der Waals surface area contributed by atoms with Crippen LogP contribution in [0.3, 0.4) is 0 Å². The van der Waals surface area contributed by atoms with E-state index in [1.165, 1.54) is 0 Å². The molecule has 32 heavy (non-hydrogen) atoms. The maximum Gasteiger partial charge on any atom is 0.260 e. The molecule has 0 fully saturated rings. The predicted octanol–water partition coefficient (Wildman–Crippen LogP) is 3.97. The quantitative estimate of drug-likeness (QED) is 0.417. The third-order valence-electron chi connectivity index (χ3n) is 5.02. The van der Waals surface area contributed by atoms with Crippen LogP contribution in [0.4, 0.5) is 5.69 Å². The van der Waals surface area contributed by atoms with Crippen molar-refractivity contribution in [3.05, 3.63) is 82.1 Å². The Morgan fingerprint density at radius 3 is 2.41 bits per heavy atom. The van der Waals surface area contributed by atoms with Gasteiger partial charge in [-0.25, -0.2) is 13.8 Å². The van der Waals surface area contributed by atoms with Crippen molar-refractivity contribution in [2.24, 2.45) is 5.10 Å². The monoisotopic (exact) mass is 472 g/mol. The van der Waals surface area contributed by atoms with E-state index in [4.69, 9.17) is 11.6 Å². The lowest BCUT2D eigenvalue weighted by Gasteiger charge is -2.21. The van der Waals surface area contributed by atoms with Crippen molar-refractivity contribution >= 4 is 39.4 Å². The van der Waals surface area contributed by atoms with E-state index < -0.39 is 22.5 Å². The summed E-state index contributed by atoms with van der Waals surface area (Å²) in [6, 6.07) is 16.3. The first-order valence-corrected chi connectivity index (χ1v) is 12.1. The number of aryl methyl sites for hydroxylation is 2. The van der Waals surface area contributed by atoms with Gasteiger partial charge in [0.05, 0.1) is 18.2 Å². The molecule has 0 saturated carbocycles. The van der Waals surface area contributed by atoms with E-state index in [9.17, 15) is 13.2 Å². The molecule has 0 aliphatic heterocycles. The molecule has 0 aliphatic rings. The third-order valence-corrected chi connectivity index (χ3v) is 6.41. The highest BCUT2D eigenvalue weighted by Gasteiger charge is 2.20. The summed E-state index contributed by atoms with van der Waals surface area (Å²) < 4.78 is 27.5. The summed E-state index contributed by atoms with van der Waals surface area (Å²) in [5.41, 5.74) is 7.85. The molecule has 0 saturated heterocycles. The fourth-order valence-corrected chi connectivity index (χ4v) is 4.43. The van der Waals surface area contributed by atoms with Crippen molar-refractivity contribution in [1.82, 2.24) is 9.99 Å². The van der Waals surface area contributed by atoms with Crippen LogP contribution in [-0.2, 0) is 14.8 Å². The van der Waals surface area contributed by atoms with Crippen LogP contribution in [0, 0.1) is 20.8 Å². The summed E-state index contributed by atoms with van der Waals surface area (Å²) >= 11 is 5.87. The lowest BCUT2D eigenvalue weighted by molar-refractivity contribution is -0.119. The van der Waals surface area contributed by atoms with Gasteiger partial charge in [-0.1, -0.05) is 29.8 Å². The van der Waals surface area contributed by atoms with Gasteiger partial charge in [0.1, 0.15) is 6.54 Å². The topological polar surface area (TPSA) is 83.8 Å². The molecule has 1 aromatic heterocycles. The van der Waals surface area contributed by atoms with Crippen molar-refractivity contribution in [3.63, 3.8) is 0 Å². The second kappa shape index (κ2) is 9.58. The van der Waals surface area contributed by atoms with Crippen LogP contribution < -0.4 is 9.73 Å². The Morgan fingerprint density at radius 2 is 1.78 bits per heavy atom. The minimum Gasteiger partial charge on any atom is -0.318 e. The van der Waals surface area contributed by atoms with Crippen LogP contribution >= 0.6 is 11.6 Å². The van der Waals surface area contributed by atoms with E-state index in [1.807, 2.05) is 32.0 Å². The maximum atomic E-state index is 12.4. The Kier molecular flexibility index (Phi) is 7.06. The van der Waals surface area contributed by atoms with Crippen LogP contribution in [0.15, 0.2) is 59.7 Å². The average molecular weight is 473 g/mol. The van der Waals surface area contributed by atoms with E-state index >= 15 is 0 Å². The molecule has 0 aliphatic carbocycles. The van der Waals surface area contributed by atoms with Crippen molar-refractivity contribution in [2.75, 3.05) is 17.1 Å². The van der Waals surface area contributed by atoms with E-state index in [-0.39, 0.29) is 0 Å². The van der Waals surface area contributed by atoms with Gasteiger partial charge in [0.2, 0.25) is 10.0 Å². The highest BCUT2D eigenvalue weighted by atomic mass is 35.5. The molecule has 3 aromatic rings. The second-order valence-corrected chi connectivity index (χ2v) is 9.83. The minimum absolute atomic E-state index is 0.345. The van der Waals surface area contributed by atoms with Crippen LogP contribution in [0.25, 0.3) is 5.69 Å². The van der Waals surface area contributed by atoms with E-state index in [0.717, 1.165) is 38.8 Å². The number of anilines is 1. The number of hydrazone groups is 1. The van der Waals surface area contributed by atoms with Crippen LogP contribution in [0.1, 0.15) is 22.5 Å².